The van der Waals surface area contributed by atoms with Gasteiger partial charge in [0.15, 0.2) is 0 Å². The van der Waals surface area contributed by atoms with Crippen LogP contribution in [0.1, 0.15) is 18.2 Å². The van der Waals surface area contributed by atoms with E-state index in [2.05, 4.69) is 65.2 Å². The Labute approximate surface area is 108 Å². The summed E-state index contributed by atoms with van der Waals surface area (Å²) >= 11 is 4.21. The minimum atomic E-state index is 1.19. The standard InChI is InChI=1S/C13H13IS/c1-2-3-13-12(8-9-15-13)10-4-6-11(14)7-5-10/h4-9H,2-3H2,1H3. The van der Waals surface area contributed by atoms with E-state index in [9.17, 15) is 0 Å². The SMILES string of the molecule is CCCc1sccc1-c1ccc(I)cc1. The monoisotopic (exact) mass is 328 g/mol. The van der Waals surface area contributed by atoms with Crippen molar-refractivity contribution < 1.29 is 0 Å². The molecule has 2 rings (SSSR count). The fourth-order valence-corrected chi connectivity index (χ4v) is 3.01. The third-order valence-corrected chi connectivity index (χ3v) is 4.08. The molecule has 0 amide bonds. The molecule has 0 fully saturated rings. The summed E-state index contributed by atoms with van der Waals surface area (Å²) in [6, 6.07) is 11.0. The molecule has 0 radical (unpaired) electrons. The third kappa shape index (κ3) is 2.61. The van der Waals surface area contributed by atoms with Crippen LogP contribution < -0.4 is 0 Å². The van der Waals surface area contributed by atoms with Crippen LogP contribution in [0.25, 0.3) is 11.1 Å². The summed E-state index contributed by atoms with van der Waals surface area (Å²) in [4.78, 5) is 1.51. The zero-order chi connectivity index (χ0) is 10.7. The van der Waals surface area contributed by atoms with Gasteiger partial charge in [-0.2, -0.15) is 0 Å². The molecule has 0 aliphatic rings. The van der Waals surface area contributed by atoms with Gasteiger partial charge in [-0.25, -0.2) is 0 Å². The van der Waals surface area contributed by atoms with Gasteiger partial charge in [-0.15, -0.1) is 11.3 Å². The first kappa shape index (κ1) is 11.1. The number of hydrogen-bond acceptors (Lipinski definition) is 1. The van der Waals surface area contributed by atoms with Crippen LogP contribution >= 0.6 is 33.9 Å². The van der Waals surface area contributed by atoms with E-state index in [0.717, 1.165) is 0 Å². The zero-order valence-electron chi connectivity index (χ0n) is 8.66. The molecular weight excluding hydrogens is 315 g/mol. The number of thiophene rings is 1. The van der Waals surface area contributed by atoms with Gasteiger partial charge in [0.2, 0.25) is 0 Å². The highest BCUT2D eigenvalue weighted by Crippen LogP contribution is 2.29. The summed E-state index contributed by atoms with van der Waals surface area (Å²) in [5.74, 6) is 0. The molecule has 0 spiro atoms. The van der Waals surface area contributed by atoms with Gasteiger partial charge in [0.25, 0.3) is 0 Å². The fourth-order valence-electron chi connectivity index (χ4n) is 1.65. The second-order valence-corrected chi connectivity index (χ2v) is 5.76. The summed E-state index contributed by atoms with van der Waals surface area (Å²) in [5, 5.41) is 2.19. The fraction of sp³-hybridized carbons (Fsp3) is 0.231. The Bertz CT molecular complexity index is 428. The van der Waals surface area contributed by atoms with Gasteiger partial charge >= 0.3 is 0 Å². The van der Waals surface area contributed by atoms with Crippen LogP contribution in [0.15, 0.2) is 35.7 Å². The minimum absolute atomic E-state index is 1.19. The van der Waals surface area contributed by atoms with Crippen molar-refractivity contribution in [1.82, 2.24) is 0 Å². The highest BCUT2D eigenvalue weighted by atomic mass is 127. The van der Waals surface area contributed by atoms with Crippen molar-refractivity contribution in [2.75, 3.05) is 0 Å². The number of hydrogen-bond donors (Lipinski definition) is 0. The van der Waals surface area contributed by atoms with E-state index in [1.54, 1.807) is 0 Å². The Morgan fingerprint density at radius 3 is 2.53 bits per heavy atom. The topological polar surface area (TPSA) is 0 Å². The van der Waals surface area contributed by atoms with Gasteiger partial charge in [0, 0.05) is 8.45 Å². The third-order valence-electron chi connectivity index (χ3n) is 2.38. The molecule has 0 aliphatic carbocycles. The molecule has 1 aromatic carbocycles. The Balaban J connectivity index is 2.36. The lowest BCUT2D eigenvalue weighted by Crippen LogP contribution is -1.82. The van der Waals surface area contributed by atoms with Gasteiger partial charge in [-0.05, 0) is 63.7 Å². The van der Waals surface area contributed by atoms with Crippen LogP contribution in [0.2, 0.25) is 0 Å². The molecule has 0 bridgehead atoms. The Hall–Kier alpha value is -0.350. The maximum absolute atomic E-state index is 2.34. The molecule has 0 N–H and O–H groups in total. The molecule has 15 heavy (non-hydrogen) atoms. The summed E-state index contributed by atoms with van der Waals surface area (Å²) in [6.45, 7) is 2.23. The van der Waals surface area contributed by atoms with Crippen LogP contribution in [0.3, 0.4) is 0 Å². The minimum Gasteiger partial charge on any atom is -0.148 e. The van der Waals surface area contributed by atoms with Gasteiger partial charge in [-0.3, -0.25) is 0 Å². The molecular formula is C13H13IS. The van der Waals surface area contributed by atoms with E-state index in [1.165, 1.54) is 32.4 Å². The molecule has 2 heteroatoms. The Morgan fingerprint density at radius 2 is 1.87 bits per heavy atom. The van der Waals surface area contributed by atoms with Gasteiger partial charge < -0.3 is 0 Å². The molecule has 0 nitrogen and oxygen atoms in total. The van der Waals surface area contributed by atoms with E-state index in [1.807, 2.05) is 11.3 Å². The number of benzene rings is 1. The zero-order valence-corrected chi connectivity index (χ0v) is 11.6. The van der Waals surface area contributed by atoms with E-state index in [0.29, 0.717) is 0 Å². The lowest BCUT2D eigenvalue weighted by molar-refractivity contribution is 0.941. The summed E-state index contributed by atoms with van der Waals surface area (Å²) < 4.78 is 1.30. The molecule has 0 saturated heterocycles. The Kier molecular flexibility index (Phi) is 3.81. The normalized spacial score (nSPS) is 10.5. The first-order chi connectivity index (χ1) is 7.31. The van der Waals surface area contributed by atoms with Crippen molar-refractivity contribution in [1.29, 1.82) is 0 Å². The molecule has 0 atom stereocenters. The van der Waals surface area contributed by atoms with Crippen molar-refractivity contribution in [2.45, 2.75) is 19.8 Å². The van der Waals surface area contributed by atoms with Crippen LogP contribution in [0.4, 0.5) is 0 Å². The molecule has 1 aromatic heterocycles. The van der Waals surface area contributed by atoms with Crippen LogP contribution in [0, 0.1) is 3.57 Å². The molecule has 0 saturated carbocycles. The largest absolute Gasteiger partial charge is 0.148 e. The first-order valence-electron chi connectivity index (χ1n) is 5.13. The number of rotatable bonds is 3. The predicted molar refractivity (Wildman–Crippen MR) is 76.5 cm³/mol. The van der Waals surface area contributed by atoms with E-state index in [4.69, 9.17) is 0 Å². The first-order valence-corrected chi connectivity index (χ1v) is 7.09. The number of aryl methyl sites for hydroxylation is 1. The van der Waals surface area contributed by atoms with Crippen LogP contribution in [0.5, 0.6) is 0 Å². The van der Waals surface area contributed by atoms with Crippen molar-refractivity contribution in [3.05, 3.63) is 44.2 Å². The quantitative estimate of drug-likeness (QED) is 0.698. The Morgan fingerprint density at radius 1 is 1.13 bits per heavy atom. The summed E-state index contributed by atoms with van der Waals surface area (Å²) in [5.41, 5.74) is 2.76. The van der Waals surface area contributed by atoms with Crippen molar-refractivity contribution in [3.8, 4) is 11.1 Å². The average molecular weight is 328 g/mol. The molecule has 0 unspecified atom stereocenters. The highest BCUT2D eigenvalue weighted by molar-refractivity contribution is 14.1. The van der Waals surface area contributed by atoms with E-state index in [-0.39, 0.29) is 0 Å². The van der Waals surface area contributed by atoms with Gasteiger partial charge in [0.1, 0.15) is 0 Å². The maximum Gasteiger partial charge on any atom is 0.0130 e. The van der Waals surface area contributed by atoms with Crippen molar-refractivity contribution in [2.24, 2.45) is 0 Å². The molecule has 2 aromatic rings. The molecule has 1 heterocycles. The highest BCUT2D eigenvalue weighted by Gasteiger charge is 2.05. The second kappa shape index (κ2) is 5.12. The van der Waals surface area contributed by atoms with Gasteiger partial charge in [0.05, 0.1) is 0 Å². The average Bonchev–Trinajstić information content (AvgIpc) is 2.68. The summed E-state index contributed by atoms with van der Waals surface area (Å²) in [6.07, 6.45) is 2.41. The maximum atomic E-state index is 2.34. The predicted octanol–water partition coefficient (Wildman–Crippen LogP) is 4.97. The van der Waals surface area contributed by atoms with Crippen molar-refractivity contribution in [3.63, 3.8) is 0 Å². The van der Waals surface area contributed by atoms with E-state index >= 15 is 0 Å². The molecule has 0 aliphatic heterocycles. The van der Waals surface area contributed by atoms with Crippen LogP contribution in [-0.4, -0.2) is 0 Å². The van der Waals surface area contributed by atoms with Gasteiger partial charge in [-0.1, -0.05) is 25.5 Å². The smallest absolute Gasteiger partial charge is 0.0130 e. The summed E-state index contributed by atoms with van der Waals surface area (Å²) in [7, 11) is 0. The van der Waals surface area contributed by atoms with Crippen molar-refractivity contribution >= 4 is 33.9 Å². The second-order valence-electron chi connectivity index (χ2n) is 3.51. The molecule has 78 valence electrons. The van der Waals surface area contributed by atoms with E-state index < -0.39 is 0 Å². The number of halogens is 1. The lowest BCUT2D eigenvalue weighted by atomic mass is 10.1. The lowest BCUT2D eigenvalue weighted by Gasteiger charge is -2.02. The van der Waals surface area contributed by atoms with Crippen LogP contribution in [-0.2, 0) is 6.42 Å².